The zero-order valence-corrected chi connectivity index (χ0v) is 16.6. The van der Waals surface area contributed by atoms with Crippen LogP contribution in [0.1, 0.15) is 30.0 Å². The molecular formula is C21H24N6O2. The first-order valence-corrected chi connectivity index (χ1v) is 9.75. The molecule has 0 aromatic carbocycles. The maximum absolute atomic E-state index is 12.7. The van der Waals surface area contributed by atoms with Crippen LogP contribution in [-0.2, 0) is 11.2 Å². The molecule has 1 aliphatic heterocycles. The lowest BCUT2D eigenvalue weighted by Gasteiger charge is -2.33. The topological polar surface area (TPSA) is 95.1 Å². The quantitative estimate of drug-likeness (QED) is 0.727. The average Bonchev–Trinajstić information content (AvgIpc) is 2.74. The number of likely N-dealkylation sites (tertiary alicyclic amines) is 1. The molecule has 150 valence electrons. The van der Waals surface area contributed by atoms with E-state index < -0.39 is 0 Å². The molecule has 3 aromatic heterocycles. The second kappa shape index (κ2) is 7.98. The molecule has 4 heterocycles. The van der Waals surface area contributed by atoms with Gasteiger partial charge in [-0.25, -0.2) is 9.97 Å². The average molecular weight is 392 g/mol. The summed E-state index contributed by atoms with van der Waals surface area (Å²) in [6.45, 7) is 1.33. The van der Waals surface area contributed by atoms with Crippen molar-refractivity contribution in [2.75, 3.05) is 32.1 Å². The minimum Gasteiger partial charge on any atom is -0.347 e. The lowest BCUT2D eigenvalue weighted by atomic mass is 9.93. The summed E-state index contributed by atoms with van der Waals surface area (Å²) in [6.07, 6.45) is 7.15. The fourth-order valence-corrected chi connectivity index (χ4v) is 3.73. The van der Waals surface area contributed by atoms with Crippen LogP contribution in [0.5, 0.6) is 0 Å². The van der Waals surface area contributed by atoms with Gasteiger partial charge in [0, 0.05) is 57.4 Å². The van der Waals surface area contributed by atoms with Crippen LogP contribution in [0.25, 0.3) is 10.9 Å². The molecule has 0 bridgehead atoms. The summed E-state index contributed by atoms with van der Waals surface area (Å²) in [6, 6.07) is 5.67. The Morgan fingerprint density at radius 1 is 1.34 bits per heavy atom. The number of amides is 1. The molecule has 1 atom stereocenters. The van der Waals surface area contributed by atoms with Crippen LogP contribution in [0.3, 0.4) is 0 Å². The number of hydrogen-bond acceptors (Lipinski definition) is 6. The Labute approximate surface area is 168 Å². The molecular weight excluding hydrogens is 368 g/mol. The van der Waals surface area contributed by atoms with Crippen LogP contribution in [0.4, 0.5) is 5.95 Å². The van der Waals surface area contributed by atoms with Crippen LogP contribution in [0.15, 0.2) is 41.6 Å². The number of aromatic amines is 1. The fraction of sp³-hybridized carbons (Fsp3) is 0.381. The normalized spacial score (nSPS) is 16.8. The van der Waals surface area contributed by atoms with Crippen molar-refractivity contribution in [3.8, 4) is 0 Å². The van der Waals surface area contributed by atoms with Gasteiger partial charge in [-0.3, -0.25) is 14.6 Å². The zero-order valence-electron chi connectivity index (χ0n) is 16.6. The van der Waals surface area contributed by atoms with Gasteiger partial charge in [0.25, 0.3) is 5.56 Å². The number of aromatic nitrogens is 4. The number of carbonyl (C=O) groups is 1. The molecule has 0 aliphatic carbocycles. The molecule has 0 radical (unpaired) electrons. The summed E-state index contributed by atoms with van der Waals surface area (Å²) in [5.74, 6) is 0.727. The molecule has 1 saturated heterocycles. The van der Waals surface area contributed by atoms with E-state index in [2.05, 4.69) is 19.9 Å². The summed E-state index contributed by atoms with van der Waals surface area (Å²) in [5.41, 5.74) is 2.17. The minimum atomic E-state index is -0.193. The first-order chi connectivity index (χ1) is 14.0. The van der Waals surface area contributed by atoms with Crippen molar-refractivity contribution in [3.63, 3.8) is 0 Å². The highest BCUT2D eigenvalue weighted by atomic mass is 16.2. The largest absolute Gasteiger partial charge is 0.347 e. The van der Waals surface area contributed by atoms with Crippen LogP contribution in [0.2, 0.25) is 0 Å². The van der Waals surface area contributed by atoms with Crippen molar-refractivity contribution >= 4 is 22.8 Å². The molecule has 3 aromatic rings. The van der Waals surface area contributed by atoms with Crippen molar-refractivity contribution in [1.82, 2.24) is 24.8 Å². The van der Waals surface area contributed by atoms with Crippen LogP contribution >= 0.6 is 0 Å². The Morgan fingerprint density at radius 2 is 2.21 bits per heavy atom. The Bertz CT molecular complexity index is 1080. The maximum Gasteiger partial charge on any atom is 0.259 e. The Morgan fingerprint density at radius 3 is 2.97 bits per heavy atom. The number of pyridine rings is 2. The van der Waals surface area contributed by atoms with Crippen LogP contribution < -0.4 is 10.5 Å². The van der Waals surface area contributed by atoms with E-state index in [4.69, 9.17) is 0 Å². The fourth-order valence-electron chi connectivity index (χ4n) is 3.73. The summed E-state index contributed by atoms with van der Waals surface area (Å²) in [4.78, 5) is 44.8. The summed E-state index contributed by atoms with van der Waals surface area (Å²) >= 11 is 0. The van der Waals surface area contributed by atoms with Crippen molar-refractivity contribution in [2.24, 2.45) is 0 Å². The molecule has 1 fully saturated rings. The predicted molar refractivity (Wildman–Crippen MR) is 111 cm³/mol. The number of nitrogens with zero attached hydrogens (tertiary/aromatic N) is 5. The Balaban J connectivity index is 1.56. The van der Waals surface area contributed by atoms with Gasteiger partial charge in [0.15, 0.2) is 0 Å². The molecule has 4 rings (SSSR count). The molecule has 1 aliphatic rings. The molecule has 8 heteroatoms. The zero-order chi connectivity index (χ0) is 20.4. The maximum atomic E-state index is 12.7. The summed E-state index contributed by atoms with van der Waals surface area (Å²) in [5, 5.41) is 0.472. The number of carbonyl (C=O) groups excluding carboxylic acids is 1. The highest BCUT2D eigenvalue weighted by Crippen LogP contribution is 2.27. The van der Waals surface area contributed by atoms with Gasteiger partial charge in [-0.15, -0.1) is 0 Å². The second-order valence-electron chi connectivity index (χ2n) is 7.63. The van der Waals surface area contributed by atoms with Gasteiger partial charge in [0.2, 0.25) is 11.9 Å². The third-order valence-electron chi connectivity index (χ3n) is 5.29. The molecule has 1 unspecified atom stereocenters. The van der Waals surface area contributed by atoms with E-state index in [1.54, 1.807) is 23.5 Å². The van der Waals surface area contributed by atoms with Gasteiger partial charge in [0.1, 0.15) is 0 Å². The smallest absolute Gasteiger partial charge is 0.259 e. The predicted octanol–water partition coefficient (Wildman–Crippen LogP) is 1.73. The van der Waals surface area contributed by atoms with Crippen LogP contribution in [0, 0.1) is 0 Å². The molecule has 1 N–H and O–H groups in total. The van der Waals surface area contributed by atoms with Crippen LogP contribution in [-0.4, -0.2) is 57.9 Å². The molecule has 0 spiro atoms. The lowest BCUT2D eigenvalue weighted by Crippen LogP contribution is -2.40. The van der Waals surface area contributed by atoms with E-state index >= 15 is 0 Å². The standard InChI is InChI=1S/C21H24N6O2/c1-26(2)21-23-12-16-18(25-21)10-17(24-20(16)29)15-6-4-8-27(13-15)19(28)9-14-5-3-7-22-11-14/h3,5,7,10-12,15H,4,6,8-9,13H2,1-2H3,(H,24,29). The van der Waals surface area contributed by atoms with Gasteiger partial charge in [-0.1, -0.05) is 6.07 Å². The first kappa shape index (κ1) is 19.0. The number of anilines is 1. The Hall–Kier alpha value is -3.29. The van der Waals surface area contributed by atoms with Crippen molar-refractivity contribution in [2.45, 2.75) is 25.2 Å². The summed E-state index contributed by atoms with van der Waals surface area (Å²) < 4.78 is 0. The van der Waals surface area contributed by atoms with E-state index in [0.717, 1.165) is 30.6 Å². The molecule has 0 saturated carbocycles. The first-order valence-electron chi connectivity index (χ1n) is 9.75. The number of fused-ring (bicyclic) bond motifs is 1. The SMILES string of the molecule is CN(C)c1ncc2c(=O)[nH]c(C3CCCN(C(=O)Cc4cccnc4)C3)cc2n1. The van der Waals surface area contributed by atoms with Gasteiger partial charge in [-0.2, -0.15) is 0 Å². The summed E-state index contributed by atoms with van der Waals surface area (Å²) in [7, 11) is 3.73. The minimum absolute atomic E-state index is 0.0801. The highest BCUT2D eigenvalue weighted by Gasteiger charge is 2.26. The van der Waals surface area contributed by atoms with Gasteiger partial charge in [0.05, 0.1) is 17.3 Å². The number of hydrogen-bond donors (Lipinski definition) is 1. The van der Waals surface area contributed by atoms with Crippen molar-refractivity contribution < 1.29 is 4.79 Å². The van der Waals surface area contributed by atoms with E-state index in [0.29, 0.717) is 29.8 Å². The highest BCUT2D eigenvalue weighted by molar-refractivity contribution is 5.79. The number of piperidine rings is 1. The lowest BCUT2D eigenvalue weighted by molar-refractivity contribution is -0.131. The van der Waals surface area contributed by atoms with E-state index in [9.17, 15) is 9.59 Å². The van der Waals surface area contributed by atoms with Gasteiger partial charge in [-0.05, 0) is 30.5 Å². The molecule has 8 nitrogen and oxygen atoms in total. The van der Waals surface area contributed by atoms with Gasteiger partial charge < -0.3 is 14.8 Å². The third-order valence-corrected chi connectivity index (χ3v) is 5.29. The number of nitrogens with one attached hydrogen (secondary N) is 1. The van der Waals surface area contributed by atoms with E-state index in [1.807, 2.05) is 37.2 Å². The van der Waals surface area contributed by atoms with E-state index in [1.165, 1.54) is 0 Å². The van der Waals surface area contributed by atoms with E-state index in [-0.39, 0.29) is 17.4 Å². The second-order valence-corrected chi connectivity index (χ2v) is 7.63. The Kier molecular flexibility index (Phi) is 5.24. The molecule has 1 amide bonds. The third kappa shape index (κ3) is 4.11. The van der Waals surface area contributed by atoms with Crippen molar-refractivity contribution in [3.05, 3.63) is 58.4 Å². The van der Waals surface area contributed by atoms with Crippen molar-refractivity contribution in [1.29, 1.82) is 0 Å². The molecule has 29 heavy (non-hydrogen) atoms. The monoisotopic (exact) mass is 392 g/mol. The number of rotatable bonds is 4. The number of H-pyrrole nitrogens is 1. The van der Waals surface area contributed by atoms with Gasteiger partial charge >= 0.3 is 0 Å².